The van der Waals surface area contributed by atoms with E-state index in [-0.39, 0.29) is 11.8 Å². The van der Waals surface area contributed by atoms with Gasteiger partial charge in [0.15, 0.2) is 0 Å². The number of amides is 2. The van der Waals surface area contributed by atoms with E-state index in [4.69, 9.17) is 4.74 Å². The Bertz CT molecular complexity index is 558. The molecule has 0 aliphatic carbocycles. The Morgan fingerprint density at radius 2 is 2.20 bits per heavy atom. The average Bonchev–Trinajstić information content (AvgIpc) is 2.57. The molecule has 2 amide bonds. The first-order valence-corrected chi connectivity index (χ1v) is 6.91. The van der Waals surface area contributed by atoms with Crippen molar-refractivity contribution in [1.82, 2.24) is 10.2 Å². The summed E-state index contributed by atoms with van der Waals surface area (Å²) in [5, 5.41) is 2.92. The normalized spacial score (nSPS) is 25.4. The number of likely N-dealkylation sites (tertiary alicyclic amines) is 1. The number of piperidine rings is 1. The van der Waals surface area contributed by atoms with Crippen molar-refractivity contribution < 1.29 is 14.3 Å². The molecule has 1 aromatic carbocycles. The van der Waals surface area contributed by atoms with E-state index in [1.165, 1.54) is 0 Å². The lowest BCUT2D eigenvalue weighted by molar-refractivity contribution is -0.134. The quantitative estimate of drug-likeness (QED) is 0.773. The van der Waals surface area contributed by atoms with Gasteiger partial charge in [0.2, 0.25) is 5.91 Å². The molecular weight excluding hydrogens is 256 g/mol. The van der Waals surface area contributed by atoms with Crippen LogP contribution in [-0.2, 0) is 4.79 Å². The third-order valence-corrected chi connectivity index (χ3v) is 4.01. The Labute approximate surface area is 117 Å². The van der Waals surface area contributed by atoms with Crippen molar-refractivity contribution in [3.05, 3.63) is 29.8 Å². The highest BCUT2D eigenvalue weighted by Crippen LogP contribution is 2.31. The SMILES string of the molecule is CC(=O)N1CCCC2(CNC(=O)c3ccccc3O2)C1. The number of nitrogens with one attached hydrogen (secondary N) is 1. The summed E-state index contributed by atoms with van der Waals surface area (Å²) >= 11 is 0. The molecule has 1 fully saturated rings. The molecule has 2 aliphatic rings. The molecule has 2 heterocycles. The smallest absolute Gasteiger partial charge is 0.255 e. The second-order valence-electron chi connectivity index (χ2n) is 5.51. The highest BCUT2D eigenvalue weighted by molar-refractivity contribution is 5.97. The molecule has 106 valence electrons. The highest BCUT2D eigenvalue weighted by Gasteiger charge is 2.41. The maximum Gasteiger partial charge on any atom is 0.255 e. The van der Waals surface area contributed by atoms with Crippen molar-refractivity contribution in [2.24, 2.45) is 0 Å². The van der Waals surface area contributed by atoms with Gasteiger partial charge in [0.25, 0.3) is 5.91 Å². The standard InChI is InChI=1S/C15H18N2O3/c1-11(18)17-8-4-7-15(10-17)9-16-14(19)12-5-2-3-6-13(12)20-15/h2-3,5-6H,4,7-10H2,1H3,(H,16,19). The molecule has 1 N–H and O–H groups in total. The molecule has 1 aromatic rings. The molecule has 0 aromatic heterocycles. The zero-order chi connectivity index (χ0) is 14.2. The van der Waals surface area contributed by atoms with Crippen LogP contribution in [0.5, 0.6) is 5.75 Å². The molecule has 0 radical (unpaired) electrons. The van der Waals surface area contributed by atoms with Gasteiger partial charge in [-0.25, -0.2) is 0 Å². The Morgan fingerprint density at radius 1 is 1.40 bits per heavy atom. The predicted octanol–water partition coefficient (Wildman–Crippen LogP) is 1.19. The van der Waals surface area contributed by atoms with E-state index in [1.54, 1.807) is 17.9 Å². The number of hydrogen-bond donors (Lipinski definition) is 1. The first-order valence-electron chi connectivity index (χ1n) is 6.91. The van der Waals surface area contributed by atoms with Crippen LogP contribution in [0, 0.1) is 0 Å². The first-order chi connectivity index (χ1) is 9.60. The summed E-state index contributed by atoms with van der Waals surface area (Å²) in [6.45, 7) is 3.29. The van der Waals surface area contributed by atoms with Gasteiger partial charge in [-0.2, -0.15) is 0 Å². The van der Waals surface area contributed by atoms with E-state index < -0.39 is 5.60 Å². The monoisotopic (exact) mass is 274 g/mol. The van der Waals surface area contributed by atoms with Gasteiger partial charge in [0.1, 0.15) is 11.4 Å². The van der Waals surface area contributed by atoms with Crippen molar-refractivity contribution >= 4 is 11.8 Å². The number of carbonyl (C=O) groups excluding carboxylic acids is 2. The van der Waals surface area contributed by atoms with Gasteiger partial charge in [-0.05, 0) is 25.0 Å². The number of hydrogen-bond acceptors (Lipinski definition) is 3. The number of fused-ring (bicyclic) bond motifs is 1. The lowest BCUT2D eigenvalue weighted by Crippen LogP contribution is -2.57. The van der Waals surface area contributed by atoms with E-state index in [0.717, 1.165) is 19.4 Å². The minimum atomic E-state index is -0.508. The number of para-hydroxylation sites is 1. The lowest BCUT2D eigenvalue weighted by atomic mass is 9.92. The summed E-state index contributed by atoms with van der Waals surface area (Å²) < 4.78 is 6.16. The summed E-state index contributed by atoms with van der Waals surface area (Å²) in [5.74, 6) is 0.543. The Hall–Kier alpha value is -2.04. The van der Waals surface area contributed by atoms with Gasteiger partial charge in [-0.1, -0.05) is 12.1 Å². The van der Waals surface area contributed by atoms with Crippen LogP contribution >= 0.6 is 0 Å². The molecule has 0 saturated carbocycles. The Kier molecular flexibility index (Phi) is 3.12. The zero-order valence-electron chi connectivity index (χ0n) is 11.5. The fourth-order valence-corrected chi connectivity index (χ4v) is 2.94. The Morgan fingerprint density at radius 3 is 3.00 bits per heavy atom. The van der Waals surface area contributed by atoms with Gasteiger partial charge >= 0.3 is 0 Å². The third kappa shape index (κ3) is 2.24. The van der Waals surface area contributed by atoms with Gasteiger partial charge in [0, 0.05) is 13.5 Å². The van der Waals surface area contributed by atoms with E-state index in [0.29, 0.717) is 24.4 Å². The average molecular weight is 274 g/mol. The molecule has 1 spiro atoms. The van der Waals surface area contributed by atoms with Gasteiger partial charge in [-0.15, -0.1) is 0 Å². The zero-order valence-corrected chi connectivity index (χ0v) is 11.5. The molecule has 0 bridgehead atoms. The molecule has 5 heteroatoms. The largest absolute Gasteiger partial charge is 0.483 e. The molecule has 1 atom stereocenters. The summed E-state index contributed by atoms with van der Waals surface area (Å²) in [6, 6.07) is 7.25. The predicted molar refractivity (Wildman–Crippen MR) is 73.6 cm³/mol. The summed E-state index contributed by atoms with van der Waals surface area (Å²) in [6.07, 6.45) is 1.73. The van der Waals surface area contributed by atoms with Crippen LogP contribution < -0.4 is 10.1 Å². The van der Waals surface area contributed by atoms with Gasteiger partial charge in [-0.3, -0.25) is 9.59 Å². The molecule has 1 saturated heterocycles. The van der Waals surface area contributed by atoms with Crippen LogP contribution in [0.3, 0.4) is 0 Å². The van der Waals surface area contributed by atoms with E-state index in [9.17, 15) is 9.59 Å². The molecule has 20 heavy (non-hydrogen) atoms. The summed E-state index contributed by atoms with van der Waals surface area (Å²) in [5.41, 5.74) is 0.0518. The van der Waals surface area contributed by atoms with Crippen molar-refractivity contribution in [1.29, 1.82) is 0 Å². The van der Waals surface area contributed by atoms with Crippen molar-refractivity contribution in [3.8, 4) is 5.75 Å². The first kappa shape index (κ1) is 13.0. The fraction of sp³-hybridized carbons (Fsp3) is 0.467. The van der Waals surface area contributed by atoms with Crippen LogP contribution in [0.4, 0.5) is 0 Å². The summed E-state index contributed by atoms with van der Waals surface area (Å²) in [7, 11) is 0. The number of ether oxygens (including phenoxy) is 1. The second-order valence-corrected chi connectivity index (χ2v) is 5.51. The van der Waals surface area contributed by atoms with E-state index >= 15 is 0 Å². The molecule has 5 nitrogen and oxygen atoms in total. The number of benzene rings is 1. The molecule has 2 aliphatic heterocycles. The maximum absolute atomic E-state index is 12.1. The van der Waals surface area contributed by atoms with Crippen molar-refractivity contribution in [2.75, 3.05) is 19.6 Å². The van der Waals surface area contributed by atoms with Crippen molar-refractivity contribution in [2.45, 2.75) is 25.4 Å². The maximum atomic E-state index is 12.1. The third-order valence-electron chi connectivity index (χ3n) is 4.01. The minimum absolute atomic E-state index is 0.0523. The van der Waals surface area contributed by atoms with Crippen LogP contribution in [0.25, 0.3) is 0 Å². The minimum Gasteiger partial charge on any atom is -0.483 e. The molecule has 1 unspecified atom stereocenters. The molecule has 3 rings (SSSR count). The van der Waals surface area contributed by atoms with E-state index in [2.05, 4.69) is 5.32 Å². The number of nitrogens with zero attached hydrogens (tertiary/aromatic N) is 1. The molecular formula is C15H18N2O3. The highest BCUT2D eigenvalue weighted by atomic mass is 16.5. The topological polar surface area (TPSA) is 58.6 Å². The van der Waals surface area contributed by atoms with Crippen LogP contribution in [-0.4, -0.2) is 41.9 Å². The Balaban J connectivity index is 1.92. The van der Waals surface area contributed by atoms with Crippen LogP contribution in [0.1, 0.15) is 30.1 Å². The van der Waals surface area contributed by atoms with Crippen LogP contribution in [0.15, 0.2) is 24.3 Å². The lowest BCUT2D eigenvalue weighted by Gasteiger charge is -2.41. The van der Waals surface area contributed by atoms with E-state index in [1.807, 2.05) is 18.2 Å². The van der Waals surface area contributed by atoms with Gasteiger partial charge < -0.3 is 15.0 Å². The van der Waals surface area contributed by atoms with Gasteiger partial charge in [0.05, 0.1) is 18.7 Å². The second kappa shape index (κ2) is 4.81. The number of carbonyl (C=O) groups is 2. The van der Waals surface area contributed by atoms with Crippen molar-refractivity contribution in [3.63, 3.8) is 0 Å². The fourth-order valence-electron chi connectivity index (χ4n) is 2.94. The number of rotatable bonds is 0. The van der Waals surface area contributed by atoms with Crippen LogP contribution in [0.2, 0.25) is 0 Å². The summed E-state index contributed by atoms with van der Waals surface area (Å²) in [4.78, 5) is 25.5.